The van der Waals surface area contributed by atoms with Crippen molar-refractivity contribution in [1.29, 1.82) is 0 Å². The maximum absolute atomic E-state index is 11.8. The second-order valence-electron chi connectivity index (χ2n) is 3.94. The molecule has 2 N–H and O–H groups in total. The highest BCUT2D eigenvalue weighted by Gasteiger charge is 2.15. The van der Waals surface area contributed by atoms with Gasteiger partial charge in [-0.05, 0) is 15.9 Å². The second-order valence-corrected chi connectivity index (χ2v) is 5.82. The molecule has 2 heterocycles. The fourth-order valence-electron chi connectivity index (χ4n) is 1.88. The molecule has 0 amide bonds. The first-order valence-electron chi connectivity index (χ1n) is 5.30. The summed E-state index contributed by atoms with van der Waals surface area (Å²) in [4.78, 5) is 30.0. The van der Waals surface area contributed by atoms with Gasteiger partial charge >= 0.3 is 0 Å². The summed E-state index contributed by atoms with van der Waals surface area (Å²) in [6, 6.07) is 2.75. The van der Waals surface area contributed by atoms with Gasteiger partial charge in [-0.3, -0.25) is 19.9 Å². The van der Waals surface area contributed by atoms with Gasteiger partial charge in [0.25, 0.3) is 11.2 Å². The van der Waals surface area contributed by atoms with E-state index in [1.807, 2.05) is 0 Å². The van der Waals surface area contributed by atoms with Gasteiger partial charge in [-0.2, -0.15) is 4.98 Å². The van der Waals surface area contributed by atoms with Crippen LogP contribution in [0.2, 0.25) is 0 Å². The van der Waals surface area contributed by atoms with Crippen LogP contribution in [-0.2, 0) is 0 Å². The first-order chi connectivity index (χ1) is 9.47. The molecule has 1 aromatic carbocycles. The van der Waals surface area contributed by atoms with Crippen LogP contribution in [0.3, 0.4) is 0 Å². The molecule has 0 bridgehead atoms. The van der Waals surface area contributed by atoms with Crippen molar-refractivity contribution in [2.45, 2.75) is 0 Å². The molecule has 3 rings (SSSR count). The average molecular weight is 353 g/mol. The summed E-state index contributed by atoms with van der Waals surface area (Å²) in [5, 5.41) is 11.8. The zero-order chi connectivity index (χ0) is 14.4. The van der Waals surface area contributed by atoms with E-state index in [0.29, 0.717) is 25.5 Å². The lowest BCUT2D eigenvalue weighted by atomic mass is 10.2. The Labute approximate surface area is 123 Å². The molecular weight excluding hydrogens is 348 g/mol. The van der Waals surface area contributed by atoms with Gasteiger partial charge in [0, 0.05) is 23.7 Å². The smallest absolute Gasteiger partial charge is 0.282 e. The number of hydrogen-bond donors (Lipinski definition) is 1. The van der Waals surface area contributed by atoms with E-state index in [-0.39, 0.29) is 10.8 Å². The lowest BCUT2D eigenvalue weighted by molar-refractivity contribution is -0.384. The number of hydrogen-bond acceptors (Lipinski definition) is 7. The number of nitrogens with two attached hydrogens (primary N) is 1. The van der Waals surface area contributed by atoms with Crippen molar-refractivity contribution in [2.24, 2.45) is 0 Å². The predicted molar refractivity (Wildman–Crippen MR) is 80.0 cm³/mol. The molecule has 2 aromatic heterocycles. The molecule has 20 heavy (non-hydrogen) atoms. The third-order valence-corrected chi connectivity index (χ3v) is 4.27. The van der Waals surface area contributed by atoms with E-state index >= 15 is 0 Å². The molecule has 7 nitrogen and oxygen atoms in total. The van der Waals surface area contributed by atoms with Crippen LogP contribution < -0.4 is 11.3 Å². The number of fused-ring (bicyclic) bond motifs is 3. The fourth-order valence-corrected chi connectivity index (χ4v) is 3.28. The second kappa shape index (κ2) is 4.46. The molecule has 0 saturated heterocycles. The quantitative estimate of drug-likeness (QED) is 0.409. The molecule has 0 fully saturated rings. The highest BCUT2D eigenvalue weighted by molar-refractivity contribution is 9.10. The van der Waals surface area contributed by atoms with Crippen LogP contribution in [-0.4, -0.2) is 14.9 Å². The highest BCUT2D eigenvalue weighted by Crippen LogP contribution is 2.34. The standard InChI is InChI=1S/C11H5BrN4O3S/c12-7-2-4(16(18)19)1-5-8(7)14-3-6-9(5)20-11(13)15-10(6)17/h1-3H,(H2,13,15,17). The topological polar surface area (TPSA) is 112 Å². The van der Waals surface area contributed by atoms with E-state index in [4.69, 9.17) is 5.73 Å². The number of anilines is 1. The number of benzene rings is 1. The third kappa shape index (κ3) is 1.91. The Morgan fingerprint density at radius 1 is 1.35 bits per heavy atom. The average Bonchev–Trinajstić information content (AvgIpc) is 2.38. The number of pyridine rings is 1. The van der Waals surface area contributed by atoms with Gasteiger partial charge in [-0.25, -0.2) is 0 Å². The van der Waals surface area contributed by atoms with Crippen LogP contribution in [0.5, 0.6) is 0 Å². The van der Waals surface area contributed by atoms with Crippen LogP contribution in [0.1, 0.15) is 0 Å². The normalized spacial score (nSPS) is 11.1. The van der Waals surface area contributed by atoms with Crippen LogP contribution in [0, 0.1) is 10.1 Å². The number of halogens is 1. The highest BCUT2D eigenvalue weighted by atomic mass is 79.9. The summed E-state index contributed by atoms with van der Waals surface area (Å²) < 4.78 is 1.02. The number of nitro benzene ring substituents is 1. The molecule has 3 aromatic rings. The number of non-ortho nitro benzene ring substituents is 1. The van der Waals surface area contributed by atoms with Gasteiger partial charge in [0.05, 0.1) is 25.0 Å². The minimum atomic E-state index is -0.504. The Morgan fingerprint density at radius 3 is 2.80 bits per heavy atom. The van der Waals surface area contributed by atoms with Crippen molar-refractivity contribution < 1.29 is 4.92 Å². The molecule has 100 valence electrons. The number of rotatable bonds is 1. The van der Waals surface area contributed by atoms with Crippen molar-refractivity contribution in [1.82, 2.24) is 9.97 Å². The molecule has 0 saturated carbocycles. The Kier molecular flexibility index (Phi) is 2.87. The van der Waals surface area contributed by atoms with E-state index in [2.05, 4.69) is 25.9 Å². The van der Waals surface area contributed by atoms with Crippen molar-refractivity contribution in [3.8, 4) is 0 Å². The maximum Gasteiger partial charge on any atom is 0.282 e. The Morgan fingerprint density at radius 2 is 2.10 bits per heavy atom. The monoisotopic (exact) mass is 352 g/mol. The fraction of sp³-hybridized carbons (Fsp3) is 0. The predicted octanol–water partition coefficient (Wildman–Crippen LogP) is 2.46. The van der Waals surface area contributed by atoms with Crippen molar-refractivity contribution in [2.75, 3.05) is 5.73 Å². The number of aromatic nitrogens is 2. The zero-order valence-corrected chi connectivity index (χ0v) is 12.1. The van der Waals surface area contributed by atoms with Gasteiger partial charge in [-0.15, -0.1) is 0 Å². The molecular formula is C11H5BrN4O3S. The molecule has 0 atom stereocenters. The van der Waals surface area contributed by atoms with Crippen LogP contribution in [0.25, 0.3) is 21.0 Å². The zero-order valence-electron chi connectivity index (χ0n) is 9.66. The summed E-state index contributed by atoms with van der Waals surface area (Å²) >= 11 is 4.35. The third-order valence-electron chi connectivity index (χ3n) is 2.72. The van der Waals surface area contributed by atoms with Gasteiger partial charge < -0.3 is 5.73 Å². The molecule has 0 radical (unpaired) electrons. The van der Waals surface area contributed by atoms with Crippen molar-refractivity contribution >= 4 is 59.1 Å². The Balaban J connectivity index is 2.58. The summed E-state index contributed by atoms with van der Waals surface area (Å²) in [7, 11) is 0. The van der Waals surface area contributed by atoms with Crippen LogP contribution >= 0.6 is 27.3 Å². The molecule has 0 aliphatic carbocycles. The Bertz CT molecular complexity index is 940. The minimum absolute atomic E-state index is 0.0892. The maximum atomic E-state index is 11.8. The van der Waals surface area contributed by atoms with Crippen LogP contribution in [0.15, 0.2) is 27.6 Å². The lowest BCUT2D eigenvalue weighted by Crippen LogP contribution is -2.08. The Hall–Kier alpha value is -2.13. The van der Waals surface area contributed by atoms with Gasteiger partial charge in [-0.1, -0.05) is 11.3 Å². The largest absolute Gasteiger partial charge is 0.375 e. The molecule has 0 aliphatic rings. The van der Waals surface area contributed by atoms with E-state index in [9.17, 15) is 14.9 Å². The van der Waals surface area contributed by atoms with E-state index in [1.54, 1.807) is 0 Å². The van der Waals surface area contributed by atoms with Gasteiger partial charge in [0.2, 0.25) is 0 Å². The summed E-state index contributed by atoms with van der Waals surface area (Å²) in [6.45, 7) is 0. The SMILES string of the molecule is Nc1nc(=O)c2cnc3c(Br)cc([N+](=O)[O-])cc3c2s1. The summed E-state index contributed by atoms with van der Waals surface area (Å²) in [5.41, 5.74) is 5.54. The molecule has 0 aliphatic heterocycles. The van der Waals surface area contributed by atoms with Crippen LogP contribution in [0.4, 0.5) is 10.8 Å². The molecule has 9 heteroatoms. The van der Waals surface area contributed by atoms with E-state index in [0.717, 1.165) is 11.3 Å². The van der Waals surface area contributed by atoms with Crippen molar-refractivity contribution in [3.05, 3.63) is 43.3 Å². The lowest BCUT2D eigenvalue weighted by Gasteiger charge is -2.04. The first kappa shape index (κ1) is 12.9. The molecule has 0 unspecified atom stereocenters. The number of nitro groups is 1. The van der Waals surface area contributed by atoms with Gasteiger partial charge in [0.15, 0.2) is 5.13 Å². The number of nitrogens with zero attached hydrogens (tertiary/aromatic N) is 3. The first-order valence-corrected chi connectivity index (χ1v) is 6.91. The van der Waals surface area contributed by atoms with E-state index < -0.39 is 10.5 Å². The number of nitrogen functional groups attached to an aromatic ring is 1. The summed E-state index contributed by atoms with van der Waals surface area (Å²) in [6.07, 6.45) is 1.40. The minimum Gasteiger partial charge on any atom is -0.375 e. The van der Waals surface area contributed by atoms with Crippen molar-refractivity contribution in [3.63, 3.8) is 0 Å². The van der Waals surface area contributed by atoms with Gasteiger partial charge in [0.1, 0.15) is 0 Å². The van der Waals surface area contributed by atoms with E-state index in [1.165, 1.54) is 18.3 Å². The molecule has 0 spiro atoms. The summed E-state index contributed by atoms with van der Waals surface area (Å²) in [5.74, 6) is 0.